The van der Waals surface area contributed by atoms with E-state index in [4.69, 9.17) is 16.9 Å². The van der Waals surface area contributed by atoms with Gasteiger partial charge in [0.25, 0.3) is 0 Å². The first kappa shape index (κ1) is 10.8. The highest BCUT2D eigenvalue weighted by molar-refractivity contribution is 6.33. The van der Waals surface area contributed by atoms with E-state index in [1.54, 1.807) is 12.1 Å². The Hall–Kier alpha value is -2.31. The number of rotatable bonds is 1. The van der Waals surface area contributed by atoms with Crippen molar-refractivity contribution in [2.45, 2.75) is 0 Å². The molecule has 0 spiro atoms. The van der Waals surface area contributed by atoms with Crippen LogP contribution in [-0.2, 0) is 0 Å². The lowest BCUT2D eigenvalue weighted by atomic mass is 10.1. The van der Waals surface area contributed by atoms with Crippen LogP contribution in [0.5, 0.6) is 0 Å². The third kappa shape index (κ3) is 1.73. The fraction of sp³-hybridized carbons (Fsp3) is 0. The van der Waals surface area contributed by atoms with Crippen molar-refractivity contribution < 1.29 is 0 Å². The maximum Gasteiger partial charge on any atom is 0.137 e. The lowest BCUT2D eigenvalue weighted by Crippen LogP contribution is -1.81. The molecule has 0 aliphatic carbocycles. The minimum atomic E-state index is 0.539. The van der Waals surface area contributed by atoms with Crippen molar-refractivity contribution in [2.24, 2.45) is 0 Å². The van der Waals surface area contributed by atoms with E-state index in [1.165, 1.54) is 0 Å². The molecule has 0 radical (unpaired) electrons. The predicted octanol–water partition coefficient (Wildman–Crippen LogP) is 3.53. The number of fused-ring (bicyclic) bond motifs is 1. The average Bonchev–Trinajstić information content (AvgIpc) is 2.81. The average molecular weight is 254 g/mol. The van der Waals surface area contributed by atoms with Crippen molar-refractivity contribution in [2.75, 3.05) is 0 Å². The molecular weight excluding hydrogens is 246 g/mol. The highest BCUT2D eigenvalue weighted by Gasteiger charge is 2.08. The highest BCUT2D eigenvalue weighted by atomic mass is 35.5. The van der Waals surface area contributed by atoms with Crippen LogP contribution in [0.1, 0.15) is 5.56 Å². The third-order valence-electron chi connectivity index (χ3n) is 2.74. The van der Waals surface area contributed by atoms with Crippen LogP contribution < -0.4 is 0 Å². The summed E-state index contributed by atoms with van der Waals surface area (Å²) in [5.41, 5.74) is 3.05. The molecule has 0 fully saturated rings. The third-order valence-corrected chi connectivity index (χ3v) is 3.05. The molecule has 1 aromatic carbocycles. The summed E-state index contributed by atoms with van der Waals surface area (Å²) in [4.78, 5) is 4.49. The number of aromatic nitrogens is 2. The molecule has 0 N–H and O–H groups in total. The molecule has 0 saturated heterocycles. The predicted molar refractivity (Wildman–Crippen MR) is 70.4 cm³/mol. The molecule has 3 aromatic rings. The van der Waals surface area contributed by atoms with Crippen molar-refractivity contribution in [1.82, 2.24) is 9.38 Å². The van der Waals surface area contributed by atoms with E-state index in [2.05, 4.69) is 11.1 Å². The van der Waals surface area contributed by atoms with Gasteiger partial charge in [-0.1, -0.05) is 17.7 Å². The number of halogens is 1. The first-order valence-corrected chi connectivity index (χ1v) is 5.79. The Morgan fingerprint density at radius 3 is 2.83 bits per heavy atom. The second-order valence-electron chi connectivity index (χ2n) is 3.90. The van der Waals surface area contributed by atoms with Gasteiger partial charge in [-0.2, -0.15) is 5.26 Å². The van der Waals surface area contributed by atoms with E-state index in [1.807, 2.05) is 41.1 Å². The zero-order valence-electron chi connectivity index (χ0n) is 9.34. The first-order valence-electron chi connectivity index (χ1n) is 5.42. The zero-order chi connectivity index (χ0) is 12.5. The number of benzene rings is 1. The molecular formula is C14H8ClN3. The summed E-state index contributed by atoms with van der Waals surface area (Å²) in [5, 5.41) is 9.35. The zero-order valence-corrected chi connectivity index (χ0v) is 10.1. The molecule has 4 heteroatoms. The van der Waals surface area contributed by atoms with E-state index in [-0.39, 0.29) is 0 Å². The summed E-state index contributed by atoms with van der Waals surface area (Å²) in [6.07, 6.45) is 3.85. The van der Waals surface area contributed by atoms with Crippen LogP contribution in [0.15, 0.2) is 48.8 Å². The minimum absolute atomic E-state index is 0.539. The van der Waals surface area contributed by atoms with Gasteiger partial charge in [-0.25, -0.2) is 4.98 Å². The molecule has 86 valence electrons. The number of nitriles is 1. The number of nitrogens with zero attached hydrogens (tertiary/aromatic N) is 3. The van der Waals surface area contributed by atoms with Gasteiger partial charge in [0.15, 0.2) is 0 Å². The van der Waals surface area contributed by atoms with E-state index in [9.17, 15) is 0 Å². The Kier molecular flexibility index (Phi) is 2.51. The number of pyridine rings is 1. The van der Waals surface area contributed by atoms with Gasteiger partial charge in [0.1, 0.15) is 5.65 Å². The van der Waals surface area contributed by atoms with E-state index >= 15 is 0 Å². The Bertz CT molecular complexity index is 735. The van der Waals surface area contributed by atoms with Crippen molar-refractivity contribution >= 4 is 17.2 Å². The molecule has 3 rings (SSSR count). The number of hydrogen-bond acceptors (Lipinski definition) is 2. The summed E-state index contributed by atoms with van der Waals surface area (Å²) in [7, 11) is 0. The van der Waals surface area contributed by atoms with Gasteiger partial charge in [0.05, 0.1) is 22.3 Å². The largest absolute Gasteiger partial charge is 0.306 e. The Morgan fingerprint density at radius 2 is 2.11 bits per heavy atom. The quantitative estimate of drug-likeness (QED) is 0.666. The van der Waals surface area contributed by atoms with Crippen molar-refractivity contribution in [3.05, 3.63) is 59.4 Å². The van der Waals surface area contributed by atoms with Gasteiger partial charge in [-0.3, -0.25) is 0 Å². The Labute approximate surface area is 109 Å². The summed E-state index contributed by atoms with van der Waals surface area (Å²) < 4.78 is 1.93. The SMILES string of the molecule is N#Cc1ccc(-c2cn3ccccc3n2)c(Cl)c1. The normalized spacial score (nSPS) is 10.4. The molecule has 3 nitrogen and oxygen atoms in total. The molecule has 2 heterocycles. The van der Waals surface area contributed by atoms with Crippen molar-refractivity contribution in [3.63, 3.8) is 0 Å². The van der Waals surface area contributed by atoms with Gasteiger partial charge in [-0.05, 0) is 30.3 Å². The van der Waals surface area contributed by atoms with Crippen LogP contribution in [0.25, 0.3) is 16.9 Å². The molecule has 0 aliphatic rings. The first-order chi connectivity index (χ1) is 8.78. The maximum absolute atomic E-state index is 8.81. The summed E-state index contributed by atoms with van der Waals surface area (Å²) in [5.74, 6) is 0. The minimum Gasteiger partial charge on any atom is -0.306 e. The topological polar surface area (TPSA) is 41.1 Å². The standard InChI is InChI=1S/C14H8ClN3/c15-12-7-10(8-16)4-5-11(12)13-9-18-6-2-1-3-14(18)17-13/h1-7,9H. The van der Waals surface area contributed by atoms with Gasteiger partial charge in [-0.15, -0.1) is 0 Å². The second kappa shape index (κ2) is 4.17. The van der Waals surface area contributed by atoms with Gasteiger partial charge < -0.3 is 4.40 Å². The fourth-order valence-electron chi connectivity index (χ4n) is 1.86. The van der Waals surface area contributed by atoms with Crippen LogP contribution in [0.4, 0.5) is 0 Å². The van der Waals surface area contributed by atoms with Crippen LogP contribution >= 0.6 is 11.6 Å². The number of hydrogen-bond donors (Lipinski definition) is 0. The van der Waals surface area contributed by atoms with E-state index in [0.717, 1.165) is 16.9 Å². The highest BCUT2D eigenvalue weighted by Crippen LogP contribution is 2.28. The number of imidazole rings is 1. The molecule has 0 unspecified atom stereocenters. The molecule has 0 saturated carbocycles. The molecule has 2 aromatic heterocycles. The van der Waals surface area contributed by atoms with Crippen molar-refractivity contribution in [1.29, 1.82) is 5.26 Å². The molecule has 0 aliphatic heterocycles. The Morgan fingerprint density at radius 1 is 1.22 bits per heavy atom. The van der Waals surface area contributed by atoms with Crippen LogP contribution in [0.3, 0.4) is 0 Å². The van der Waals surface area contributed by atoms with Crippen LogP contribution in [-0.4, -0.2) is 9.38 Å². The maximum atomic E-state index is 8.81. The smallest absolute Gasteiger partial charge is 0.137 e. The molecule has 18 heavy (non-hydrogen) atoms. The Balaban J connectivity index is 2.17. The van der Waals surface area contributed by atoms with Crippen LogP contribution in [0.2, 0.25) is 5.02 Å². The van der Waals surface area contributed by atoms with Gasteiger partial charge in [0.2, 0.25) is 0 Å². The molecule has 0 atom stereocenters. The molecule has 0 bridgehead atoms. The monoisotopic (exact) mass is 253 g/mol. The fourth-order valence-corrected chi connectivity index (χ4v) is 2.13. The summed E-state index contributed by atoms with van der Waals surface area (Å²) in [6.45, 7) is 0. The van der Waals surface area contributed by atoms with Gasteiger partial charge in [0, 0.05) is 18.0 Å². The van der Waals surface area contributed by atoms with Gasteiger partial charge >= 0.3 is 0 Å². The van der Waals surface area contributed by atoms with Crippen molar-refractivity contribution in [3.8, 4) is 17.3 Å². The molecule has 0 amide bonds. The summed E-state index contributed by atoms with van der Waals surface area (Å²) in [6, 6.07) is 13.1. The van der Waals surface area contributed by atoms with Crippen LogP contribution in [0, 0.1) is 11.3 Å². The summed E-state index contributed by atoms with van der Waals surface area (Å²) >= 11 is 6.17. The van der Waals surface area contributed by atoms with E-state index in [0.29, 0.717) is 10.6 Å². The lowest BCUT2D eigenvalue weighted by molar-refractivity contribution is 1.19. The second-order valence-corrected chi connectivity index (χ2v) is 4.31. The van der Waals surface area contributed by atoms with E-state index < -0.39 is 0 Å². The lowest BCUT2D eigenvalue weighted by Gasteiger charge is -1.99.